The first-order valence-electron chi connectivity index (χ1n) is 4.60. The third-order valence-corrected chi connectivity index (χ3v) is 4.05. The first-order valence-corrected chi connectivity index (χ1v) is 4.60. The van der Waals surface area contributed by atoms with Gasteiger partial charge in [-0.2, -0.15) is 0 Å². The minimum absolute atomic E-state index is 0.562. The predicted octanol–water partition coefficient (Wildman–Crippen LogP) is 1.38. The Kier molecular flexibility index (Phi) is 0.883. The van der Waals surface area contributed by atoms with Gasteiger partial charge in [0.25, 0.3) is 0 Å². The molecule has 2 unspecified atom stereocenters. The molecule has 3 aliphatic rings. The normalized spacial score (nSPS) is 63.9. The lowest BCUT2D eigenvalue weighted by Gasteiger charge is -2.63. The van der Waals surface area contributed by atoms with Gasteiger partial charge >= 0.3 is 0 Å². The van der Waals surface area contributed by atoms with Crippen LogP contribution in [0, 0.1) is 23.7 Å². The van der Waals surface area contributed by atoms with E-state index in [4.69, 9.17) is 5.73 Å². The molecule has 3 fully saturated rings. The van der Waals surface area contributed by atoms with Crippen molar-refractivity contribution in [2.45, 2.75) is 31.7 Å². The molecule has 0 bridgehead atoms. The molecule has 3 saturated carbocycles. The summed E-state index contributed by atoms with van der Waals surface area (Å²) in [6.45, 7) is 0. The SMILES string of the molecule is N[C@@H]1C[C@H]2CC3C[C@@H](C1)C32. The molecule has 0 spiro atoms. The van der Waals surface area contributed by atoms with Gasteiger partial charge < -0.3 is 5.73 Å². The Morgan fingerprint density at radius 3 is 1.80 bits per heavy atom. The van der Waals surface area contributed by atoms with Crippen molar-refractivity contribution in [1.29, 1.82) is 0 Å². The van der Waals surface area contributed by atoms with Crippen molar-refractivity contribution in [2.24, 2.45) is 29.4 Å². The first kappa shape index (κ1) is 5.59. The van der Waals surface area contributed by atoms with E-state index in [-0.39, 0.29) is 0 Å². The zero-order valence-corrected chi connectivity index (χ0v) is 6.29. The second-order valence-electron chi connectivity index (χ2n) is 4.56. The lowest BCUT2D eigenvalue weighted by atomic mass is 9.43. The summed E-state index contributed by atoms with van der Waals surface area (Å²) in [7, 11) is 0. The van der Waals surface area contributed by atoms with E-state index >= 15 is 0 Å². The van der Waals surface area contributed by atoms with E-state index in [0.29, 0.717) is 6.04 Å². The van der Waals surface area contributed by atoms with E-state index in [1.807, 2.05) is 0 Å². The highest BCUT2D eigenvalue weighted by Gasteiger charge is 2.56. The lowest BCUT2D eigenvalue weighted by Crippen LogP contribution is -2.57. The fraction of sp³-hybridized carbons (Fsp3) is 1.00. The molecule has 3 aliphatic carbocycles. The van der Waals surface area contributed by atoms with E-state index in [2.05, 4.69) is 0 Å². The molecular weight excluding hydrogens is 122 g/mol. The summed E-state index contributed by atoms with van der Waals surface area (Å²) in [6, 6.07) is 0.562. The van der Waals surface area contributed by atoms with Crippen LogP contribution < -0.4 is 5.73 Å². The van der Waals surface area contributed by atoms with Crippen molar-refractivity contribution >= 4 is 0 Å². The molecule has 56 valence electrons. The Balaban J connectivity index is 1.80. The lowest BCUT2D eigenvalue weighted by molar-refractivity contribution is -0.125. The van der Waals surface area contributed by atoms with Gasteiger partial charge in [-0.15, -0.1) is 0 Å². The summed E-state index contributed by atoms with van der Waals surface area (Å²) in [4.78, 5) is 0. The van der Waals surface area contributed by atoms with Crippen LogP contribution >= 0.6 is 0 Å². The highest BCUT2D eigenvalue weighted by Crippen LogP contribution is 2.63. The maximum absolute atomic E-state index is 5.94. The Hall–Kier alpha value is -0.0400. The monoisotopic (exact) mass is 137 g/mol. The van der Waals surface area contributed by atoms with Gasteiger partial charge in [-0.3, -0.25) is 0 Å². The zero-order chi connectivity index (χ0) is 6.72. The van der Waals surface area contributed by atoms with Crippen molar-refractivity contribution in [3.63, 3.8) is 0 Å². The van der Waals surface area contributed by atoms with E-state index in [1.54, 1.807) is 0 Å². The molecule has 10 heavy (non-hydrogen) atoms. The molecule has 0 saturated heterocycles. The minimum atomic E-state index is 0.562. The first-order chi connectivity index (χ1) is 4.84. The number of nitrogens with two attached hydrogens (primary N) is 1. The second-order valence-corrected chi connectivity index (χ2v) is 4.56. The van der Waals surface area contributed by atoms with Crippen LogP contribution in [0.3, 0.4) is 0 Å². The summed E-state index contributed by atoms with van der Waals surface area (Å²) in [6.07, 6.45) is 5.74. The molecule has 0 aliphatic heterocycles. The molecule has 0 amide bonds. The minimum Gasteiger partial charge on any atom is -0.328 e. The average Bonchev–Trinajstić information content (AvgIpc) is 1.78. The van der Waals surface area contributed by atoms with Crippen LogP contribution in [0.25, 0.3) is 0 Å². The van der Waals surface area contributed by atoms with Crippen LogP contribution in [0.1, 0.15) is 25.7 Å². The third-order valence-electron chi connectivity index (χ3n) is 4.05. The van der Waals surface area contributed by atoms with Crippen LogP contribution in [0.2, 0.25) is 0 Å². The standard InChI is InChI=1S/C9H15N/c10-8-3-6-1-5-2-7(4-8)9(5)6/h5-9H,1-4,10H2/t5?,6-,7+,8-,9?. The van der Waals surface area contributed by atoms with E-state index in [9.17, 15) is 0 Å². The summed E-state index contributed by atoms with van der Waals surface area (Å²) >= 11 is 0. The molecule has 0 aromatic rings. The fourth-order valence-electron chi connectivity index (χ4n) is 3.65. The van der Waals surface area contributed by atoms with Crippen molar-refractivity contribution in [1.82, 2.24) is 0 Å². The van der Waals surface area contributed by atoms with Gasteiger partial charge in [-0.1, -0.05) is 0 Å². The Labute approximate surface area is 62.0 Å². The highest BCUT2D eigenvalue weighted by molar-refractivity contribution is 5.06. The van der Waals surface area contributed by atoms with Gasteiger partial charge in [-0.25, -0.2) is 0 Å². The molecule has 5 atom stereocenters. The number of hydrogen-bond acceptors (Lipinski definition) is 1. The van der Waals surface area contributed by atoms with E-state index < -0.39 is 0 Å². The smallest absolute Gasteiger partial charge is 0.00443 e. The molecule has 2 N–H and O–H groups in total. The third kappa shape index (κ3) is 0.493. The molecule has 0 aromatic heterocycles. The van der Waals surface area contributed by atoms with Gasteiger partial charge in [0.2, 0.25) is 0 Å². The molecule has 0 heterocycles. The van der Waals surface area contributed by atoms with Crippen LogP contribution in [0.4, 0.5) is 0 Å². The quantitative estimate of drug-likeness (QED) is 0.536. The van der Waals surface area contributed by atoms with Crippen LogP contribution in [-0.4, -0.2) is 6.04 Å². The van der Waals surface area contributed by atoms with Gasteiger partial charge in [0, 0.05) is 6.04 Å². The second kappa shape index (κ2) is 1.58. The van der Waals surface area contributed by atoms with E-state index in [1.165, 1.54) is 25.7 Å². The highest BCUT2D eigenvalue weighted by atomic mass is 14.7. The van der Waals surface area contributed by atoms with Crippen LogP contribution in [0.5, 0.6) is 0 Å². The fourth-order valence-corrected chi connectivity index (χ4v) is 3.65. The van der Waals surface area contributed by atoms with Crippen molar-refractivity contribution in [3.8, 4) is 0 Å². The zero-order valence-electron chi connectivity index (χ0n) is 6.29. The number of rotatable bonds is 0. The Morgan fingerprint density at radius 2 is 1.30 bits per heavy atom. The molecule has 1 nitrogen and oxygen atoms in total. The maximum atomic E-state index is 5.94. The van der Waals surface area contributed by atoms with Crippen molar-refractivity contribution < 1.29 is 0 Å². The van der Waals surface area contributed by atoms with Crippen LogP contribution in [0.15, 0.2) is 0 Å². The summed E-state index contributed by atoms with van der Waals surface area (Å²) in [5.74, 6) is 4.43. The topological polar surface area (TPSA) is 26.0 Å². The van der Waals surface area contributed by atoms with Crippen molar-refractivity contribution in [2.75, 3.05) is 0 Å². The van der Waals surface area contributed by atoms with Gasteiger partial charge in [0.05, 0.1) is 0 Å². The molecule has 1 heteroatoms. The molecular formula is C9H15N. The summed E-state index contributed by atoms with van der Waals surface area (Å²) < 4.78 is 0. The summed E-state index contributed by atoms with van der Waals surface area (Å²) in [5.41, 5.74) is 5.94. The van der Waals surface area contributed by atoms with Crippen molar-refractivity contribution in [3.05, 3.63) is 0 Å². The Bertz CT molecular complexity index is 150. The predicted molar refractivity (Wildman–Crippen MR) is 40.4 cm³/mol. The molecule has 0 radical (unpaired) electrons. The van der Waals surface area contributed by atoms with Gasteiger partial charge in [-0.05, 0) is 49.4 Å². The summed E-state index contributed by atoms with van der Waals surface area (Å²) in [5, 5.41) is 0. The average molecular weight is 137 g/mol. The van der Waals surface area contributed by atoms with Crippen LogP contribution in [-0.2, 0) is 0 Å². The largest absolute Gasteiger partial charge is 0.328 e. The molecule has 0 aromatic carbocycles. The Morgan fingerprint density at radius 1 is 0.800 bits per heavy atom. The maximum Gasteiger partial charge on any atom is 0.00443 e. The van der Waals surface area contributed by atoms with Gasteiger partial charge in [0.15, 0.2) is 0 Å². The molecule has 3 rings (SSSR count). The number of hydrogen-bond donors (Lipinski definition) is 1. The van der Waals surface area contributed by atoms with E-state index in [0.717, 1.165) is 23.7 Å². The van der Waals surface area contributed by atoms with Gasteiger partial charge in [0.1, 0.15) is 0 Å².